The Hall–Kier alpha value is -2.71. The molecule has 35 heavy (non-hydrogen) atoms. The maximum absolute atomic E-state index is 11.7. The van der Waals surface area contributed by atoms with E-state index in [4.69, 9.17) is 4.74 Å². The number of hydrogen-bond acceptors (Lipinski definition) is 5. The number of amides is 2. The number of nitrogens with zero attached hydrogens (tertiary/aromatic N) is 3. The van der Waals surface area contributed by atoms with Crippen LogP contribution in [0.4, 0.5) is 4.79 Å². The molecule has 0 radical (unpaired) electrons. The quantitative estimate of drug-likeness (QED) is 0.126. The van der Waals surface area contributed by atoms with Crippen LogP contribution in [0.2, 0.25) is 0 Å². The first-order chi connectivity index (χ1) is 17.1. The first-order valence-electron chi connectivity index (χ1n) is 12.6. The Labute approximate surface area is 213 Å². The topological polar surface area (TPSA) is 80.1 Å². The van der Waals surface area contributed by atoms with Crippen molar-refractivity contribution >= 4 is 23.9 Å². The van der Waals surface area contributed by atoms with Crippen LogP contribution in [0.15, 0.2) is 64.9 Å². The fourth-order valence-electron chi connectivity index (χ4n) is 4.23. The summed E-state index contributed by atoms with van der Waals surface area (Å²) in [5.41, 5.74) is 6.88. The Morgan fingerprint density at radius 2 is 1.51 bits per heavy atom. The van der Waals surface area contributed by atoms with Gasteiger partial charge in [0.15, 0.2) is 0 Å². The number of unbranched alkanes of at least 4 members (excludes halogenated alkanes) is 5. The third kappa shape index (κ3) is 9.45. The van der Waals surface area contributed by atoms with Crippen molar-refractivity contribution < 1.29 is 18.4 Å². The highest BCUT2D eigenvalue weighted by atomic mass is 32.2. The molecule has 188 valence electrons. The lowest BCUT2D eigenvalue weighted by Gasteiger charge is -2.22. The number of aryl methyl sites for hydroxylation is 2. The summed E-state index contributed by atoms with van der Waals surface area (Å²) < 4.78 is 4.66. The van der Waals surface area contributed by atoms with Gasteiger partial charge < -0.3 is 4.74 Å². The predicted octanol–water partition coefficient (Wildman–Crippen LogP) is 6.39. The van der Waals surface area contributed by atoms with Crippen molar-refractivity contribution in [3.8, 4) is 0 Å². The zero-order valence-electron chi connectivity index (χ0n) is 20.7. The molecule has 2 aromatic rings. The summed E-state index contributed by atoms with van der Waals surface area (Å²) in [6.45, 7) is 0.569. The molecule has 1 aliphatic rings. The molecule has 0 unspecified atom stereocenters. The van der Waals surface area contributed by atoms with Crippen LogP contribution in [0.25, 0.3) is 0 Å². The zero-order valence-corrected chi connectivity index (χ0v) is 21.5. The minimum atomic E-state index is -0.451. The Kier molecular flexibility index (Phi) is 11.2. The maximum atomic E-state index is 11.7. The molecule has 2 amide bonds. The van der Waals surface area contributed by atoms with E-state index in [1.807, 2.05) is 0 Å². The Morgan fingerprint density at radius 3 is 2.17 bits per heavy atom. The van der Waals surface area contributed by atoms with Crippen molar-refractivity contribution in [3.63, 3.8) is 0 Å². The molecule has 0 aromatic heterocycles. The molecule has 0 aliphatic carbocycles. The Morgan fingerprint density at radius 1 is 0.886 bits per heavy atom. The molecular formula is C27H37N4O3S+. The van der Waals surface area contributed by atoms with Gasteiger partial charge in [0.2, 0.25) is 0 Å². The van der Waals surface area contributed by atoms with Gasteiger partial charge in [0, 0.05) is 6.42 Å². The minimum Gasteiger partial charge on any atom is -0.469 e. The molecule has 3 rings (SSSR count). The van der Waals surface area contributed by atoms with Crippen LogP contribution in [0.1, 0.15) is 61.6 Å². The van der Waals surface area contributed by atoms with Crippen molar-refractivity contribution in [2.75, 3.05) is 19.4 Å². The van der Waals surface area contributed by atoms with Crippen LogP contribution in [0.3, 0.4) is 0 Å². The summed E-state index contributed by atoms with van der Waals surface area (Å²) in [4.78, 5) is 23.2. The van der Waals surface area contributed by atoms with Crippen molar-refractivity contribution in [1.29, 1.82) is 0 Å². The molecule has 8 heteroatoms. The highest BCUT2D eigenvalue weighted by Crippen LogP contribution is 2.27. The number of urea groups is 1. The van der Waals surface area contributed by atoms with Crippen LogP contribution in [0.5, 0.6) is 0 Å². The number of nitrogens with one attached hydrogen (secondary N) is 1. The first-order valence-corrected chi connectivity index (χ1v) is 13.5. The molecular weight excluding hydrogens is 460 g/mol. The lowest BCUT2D eigenvalue weighted by Crippen LogP contribution is -2.47. The SMILES string of the molecule is COC(=O)CCS[N@@+]1(CCc2ccccc2CCCCCCCCc2ccccc2)N=NC(=O)N1. The summed E-state index contributed by atoms with van der Waals surface area (Å²) in [6.07, 6.45) is 10.8. The summed E-state index contributed by atoms with van der Waals surface area (Å²) in [7, 11) is 1.37. The molecule has 1 heterocycles. The van der Waals surface area contributed by atoms with Crippen molar-refractivity contribution in [2.24, 2.45) is 10.3 Å². The van der Waals surface area contributed by atoms with Crippen LogP contribution < -0.4 is 5.43 Å². The predicted molar refractivity (Wildman–Crippen MR) is 139 cm³/mol. The largest absolute Gasteiger partial charge is 0.469 e. The van der Waals surface area contributed by atoms with Gasteiger partial charge in [-0.3, -0.25) is 4.79 Å². The van der Waals surface area contributed by atoms with E-state index in [0.717, 1.165) is 12.8 Å². The van der Waals surface area contributed by atoms with Gasteiger partial charge >= 0.3 is 12.0 Å². The number of methoxy groups -OCH3 is 1. The van der Waals surface area contributed by atoms with E-state index in [-0.39, 0.29) is 16.5 Å². The van der Waals surface area contributed by atoms with E-state index in [9.17, 15) is 9.59 Å². The number of rotatable bonds is 16. The number of ether oxygens (including phenoxy) is 1. The van der Waals surface area contributed by atoms with Crippen molar-refractivity contribution in [3.05, 3.63) is 71.3 Å². The molecule has 1 N–H and O–H groups in total. The summed E-state index contributed by atoms with van der Waals surface area (Å²) in [6, 6.07) is 18.8. The van der Waals surface area contributed by atoms with Gasteiger partial charge in [-0.2, -0.15) is 0 Å². The van der Waals surface area contributed by atoms with Crippen LogP contribution in [-0.4, -0.2) is 35.5 Å². The monoisotopic (exact) mass is 497 g/mol. The van der Waals surface area contributed by atoms with E-state index in [2.05, 4.69) is 70.4 Å². The summed E-state index contributed by atoms with van der Waals surface area (Å²) in [5, 5.41) is 7.82. The molecule has 1 aliphatic heterocycles. The standard InChI is InChI=1S/C27H36N4O3S/c1-34-26(32)20-22-35-31(29-27(33)28-30-31)21-19-25-18-12-11-17-24(25)16-10-5-3-2-4-7-13-23-14-8-6-9-15-23/h6,8-9,11-12,14-15,17-18H,2-5,7,10,13,16,19-22H2,1H3/p+1/t31-/m1/s1. The summed E-state index contributed by atoms with van der Waals surface area (Å²) in [5.74, 6) is 0.207. The Balaban J connectivity index is 1.39. The van der Waals surface area contributed by atoms with Gasteiger partial charge in [0.25, 0.3) is 0 Å². The second-order valence-electron chi connectivity index (χ2n) is 8.82. The van der Waals surface area contributed by atoms with Gasteiger partial charge in [-0.15, -0.1) is 5.43 Å². The number of carbonyl (C=O) groups excluding carboxylic acids is 2. The second kappa shape index (κ2) is 14.6. The summed E-state index contributed by atoms with van der Waals surface area (Å²) >= 11 is 1.38. The fraction of sp³-hybridized carbons (Fsp3) is 0.481. The maximum Gasteiger partial charge on any atom is 0.411 e. The molecule has 2 aromatic carbocycles. The highest BCUT2D eigenvalue weighted by molar-refractivity contribution is 7.93. The third-order valence-electron chi connectivity index (χ3n) is 6.20. The third-order valence-corrected chi connectivity index (χ3v) is 7.36. The van der Waals surface area contributed by atoms with Crippen molar-refractivity contribution in [2.45, 2.75) is 64.2 Å². The first kappa shape index (κ1) is 26.9. The van der Waals surface area contributed by atoms with Gasteiger partial charge in [-0.1, -0.05) is 80.3 Å². The number of hydrogen-bond donors (Lipinski definition) is 1. The van der Waals surface area contributed by atoms with Crippen LogP contribution >= 0.6 is 11.9 Å². The van der Waals surface area contributed by atoms with E-state index in [0.29, 0.717) is 12.3 Å². The van der Waals surface area contributed by atoms with Gasteiger partial charge in [-0.25, -0.2) is 4.79 Å². The lowest BCUT2D eigenvalue weighted by atomic mass is 9.98. The molecule has 0 bridgehead atoms. The normalized spacial score (nSPS) is 16.9. The van der Waals surface area contributed by atoms with Gasteiger partial charge in [0.05, 0.1) is 24.5 Å². The fourth-order valence-corrected chi connectivity index (χ4v) is 5.24. The van der Waals surface area contributed by atoms with E-state index < -0.39 is 6.03 Å². The smallest absolute Gasteiger partial charge is 0.411 e. The highest BCUT2D eigenvalue weighted by Gasteiger charge is 2.39. The number of esters is 1. The molecule has 7 nitrogen and oxygen atoms in total. The molecule has 0 saturated carbocycles. The van der Waals surface area contributed by atoms with Gasteiger partial charge in [0.1, 0.15) is 18.5 Å². The van der Waals surface area contributed by atoms with Crippen LogP contribution in [-0.2, 0) is 28.8 Å². The van der Waals surface area contributed by atoms with Crippen molar-refractivity contribution in [1.82, 2.24) is 5.43 Å². The zero-order chi connectivity index (χ0) is 24.8. The van der Waals surface area contributed by atoms with E-state index in [1.165, 1.54) is 80.7 Å². The lowest BCUT2D eigenvalue weighted by molar-refractivity contribution is -0.836. The number of benzene rings is 2. The molecule has 1 atom stereocenters. The second-order valence-corrected chi connectivity index (χ2v) is 10.1. The van der Waals surface area contributed by atoms with Gasteiger partial charge in [-0.05, 0) is 51.6 Å². The number of quaternary nitrogens is 1. The average Bonchev–Trinajstić information content (AvgIpc) is 3.26. The number of carbonyl (C=O) groups is 2. The minimum absolute atomic E-state index is 0.0485. The molecule has 0 fully saturated rings. The van der Waals surface area contributed by atoms with Crippen LogP contribution in [0, 0.1) is 0 Å². The molecule has 0 spiro atoms. The van der Waals surface area contributed by atoms with E-state index in [1.54, 1.807) is 0 Å². The average molecular weight is 498 g/mol. The van der Waals surface area contributed by atoms with E-state index >= 15 is 0 Å². The molecule has 0 saturated heterocycles. The Bertz CT molecular complexity index is 970.